The lowest BCUT2D eigenvalue weighted by Gasteiger charge is -2.10. The Bertz CT molecular complexity index is 897. The van der Waals surface area contributed by atoms with Crippen molar-refractivity contribution in [1.82, 2.24) is 30.6 Å². The molecule has 3 heterocycles. The van der Waals surface area contributed by atoms with Crippen molar-refractivity contribution in [2.24, 2.45) is 0 Å². The second kappa shape index (κ2) is 6.01. The molecule has 1 aromatic carbocycles. The van der Waals surface area contributed by atoms with Gasteiger partial charge in [0.2, 0.25) is 0 Å². The molecule has 0 spiro atoms. The van der Waals surface area contributed by atoms with Crippen LogP contribution in [0, 0.1) is 6.92 Å². The molecule has 0 aliphatic carbocycles. The van der Waals surface area contributed by atoms with Crippen LogP contribution in [0.25, 0.3) is 16.6 Å². The third-order valence-corrected chi connectivity index (χ3v) is 4.34. The van der Waals surface area contributed by atoms with Gasteiger partial charge in [-0.15, -0.1) is 5.10 Å². The predicted octanol–water partition coefficient (Wildman–Crippen LogP) is 1.22. The van der Waals surface area contributed by atoms with Gasteiger partial charge in [0.1, 0.15) is 0 Å². The first-order valence-corrected chi connectivity index (χ1v) is 8.01. The molecule has 1 saturated heterocycles. The van der Waals surface area contributed by atoms with Gasteiger partial charge in [0.25, 0.3) is 5.91 Å². The SMILES string of the molecule is Cc1c(C(=O)NC2CCNC2)nnn1-c1ccc2ncccc2c1. The highest BCUT2D eigenvalue weighted by Crippen LogP contribution is 2.18. The molecule has 1 aliphatic rings. The molecule has 1 atom stereocenters. The van der Waals surface area contributed by atoms with Gasteiger partial charge in [-0.25, -0.2) is 4.68 Å². The Morgan fingerprint density at radius 2 is 2.29 bits per heavy atom. The number of pyridine rings is 1. The fourth-order valence-corrected chi connectivity index (χ4v) is 3.01. The van der Waals surface area contributed by atoms with E-state index in [4.69, 9.17) is 0 Å². The summed E-state index contributed by atoms with van der Waals surface area (Å²) >= 11 is 0. The number of fused-ring (bicyclic) bond motifs is 1. The summed E-state index contributed by atoms with van der Waals surface area (Å²) in [6.45, 7) is 3.59. The molecule has 1 fully saturated rings. The Balaban J connectivity index is 1.63. The highest BCUT2D eigenvalue weighted by Gasteiger charge is 2.22. The van der Waals surface area contributed by atoms with Crippen LogP contribution in [-0.2, 0) is 0 Å². The molecule has 1 amide bonds. The van der Waals surface area contributed by atoms with E-state index < -0.39 is 0 Å². The maximum atomic E-state index is 12.4. The lowest BCUT2D eigenvalue weighted by Crippen LogP contribution is -2.36. The molecule has 3 aromatic rings. The summed E-state index contributed by atoms with van der Waals surface area (Å²) < 4.78 is 1.69. The van der Waals surface area contributed by atoms with Crippen molar-refractivity contribution in [3.05, 3.63) is 47.9 Å². The molecular weight excluding hydrogens is 304 g/mol. The third-order valence-electron chi connectivity index (χ3n) is 4.34. The van der Waals surface area contributed by atoms with Gasteiger partial charge in [-0.3, -0.25) is 9.78 Å². The zero-order valence-electron chi connectivity index (χ0n) is 13.4. The van der Waals surface area contributed by atoms with Crippen LogP contribution in [0.5, 0.6) is 0 Å². The number of carbonyl (C=O) groups excluding carboxylic acids is 1. The second-order valence-electron chi connectivity index (χ2n) is 5.98. The number of benzene rings is 1. The van der Waals surface area contributed by atoms with E-state index in [0.29, 0.717) is 5.69 Å². The molecule has 4 rings (SSSR count). The predicted molar refractivity (Wildman–Crippen MR) is 90.1 cm³/mol. The third kappa shape index (κ3) is 2.63. The lowest BCUT2D eigenvalue weighted by atomic mass is 10.2. The minimum Gasteiger partial charge on any atom is -0.347 e. The van der Waals surface area contributed by atoms with E-state index in [9.17, 15) is 4.79 Å². The Hall–Kier alpha value is -2.80. The average Bonchev–Trinajstić information content (AvgIpc) is 3.24. The van der Waals surface area contributed by atoms with Gasteiger partial charge in [-0.05, 0) is 44.2 Å². The number of carbonyl (C=O) groups is 1. The molecule has 0 saturated carbocycles. The summed E-state index contributed by atoms with van der Waals surface area (Å²) in [6, 6.07) is 9.92. The molecule has 24 heavy (non-hydrogen) atoms. The van der Waals surface area contributed by atoms with Crippen LogP contribution in [-0.4, -0.2) is 45.0 Å². The Kier molecular flexibility index (Phi) is 3.70. The van der Waals surface area contributed by atoms with Gasteiger partial charge in [-0.2, -0.15) is 0 Å². The largest absolute Gasteiger partial charge is 0.347 e. The first-order valence-electron chi connectivity index (χ1n) is 8.01. The van der Waals surface area contributed by atoms with Gasteiger partial charge >= 0.3 is 0 Å². The van der Waals surface area contributed by atoms with Crippen molar-refractivity contribution in [3.8, 4) is 5.69 Å². The normalized spacial score (nSPS) is 17.3. The number of hydrogen-bond acceptors (Lipinski definition) is 5. The first-order chi connectivity index (χ1) is 11.7. The molecule has 0 bridgehead atoms. The van der Waals surface area contributed by atoms with Crippen LogP contribution >= 0.6 is 0 Å². The van der Waals surface area contributed by atoms with E-state index in [1.54, 1.807) is 10.9 Å². The van der Waals surface area contributed by atoms with Crippen molar-refractivity contribution in [2.75, 3.05) is 13.1 Å². The lowest BCUT2D eigenvalue weighted by molar-refractivity contribution is 0.0934. The van der Waals surface area contributed by atoms with Crippen LogP contribution in [0.2, 0.25) is 0 Å². The van der Waals surface area contributed by atoms with E-state index in [1.807, 2.05) is 37.3 Å². The van der Waals surface area contributed by atoms with Crippen LogP contribution in [0.1, 0.15) is 22.6 Å². The fourth-order valence-electron chi connectivity index (χ4n) is 3.01. The molecule has 122 valence electrons. The van der Waals surface area contributed by atoms with E-state index in [1.165, 1.54) is 0 Å². The molecular formula is C17H18N6O. The quantitative estimate of drug-likeness (QED) is 0.757. The molecule has 7 heteroatoms. The number of nitrogens with zero attached hydrogens (tertiary/aromatic N) is 4. The zero-order chi connectivity index (χ0) is 16.5. The van der Waals surface area contributed by atoms with Gasteiger partial charge in [0, 0.05) is 24.2 Å². The topological polar surface area (TPSA) is 84.7 Å². The first kappa shape index (κ1) is 14.8. The van der Waals surface area contributed by atoms with Crippen molar-refractivity contribution < 1.29 is 4.79 Å². The molecule has 7 nitrogen and oxygen atoms in total. The number of rotatable bonds is 3. The molecule has 1 aliphatic heterocycles. The maximum absolute atomic E-state index is 12.4. The van der Waals surface area contributed by atoms with Crippen LogP contribution < -0.4 is 10.6 Å². The zero-order valence-corrected chi connectivity index (χ0v) is 13.4. The van der Waals surface area contributed by atoms with E-state index in [2.05, 4.69) is 25.9 Å². The number of hydrogen-bond donors (Lipinski definition) is 2. The summed E-state index contributed by atoms with van der Waals surface area (Å²) in [6.07, 6.45) is 2.71. The Morgan fingerprint density at radius 3 is 3.12 bits per heavy atom. The smallest absolute Gasteiger partial charge is 0.274 e. The Morgan fingerprint density at radius 1 is 1.38 bits per heavy atom. The van der Waals surface area contributed by atoms with Crippen molar-refractivity contribution in [1.29, 1.82) is 0 Å². The van der Waals surface area contributed by atoms with Gasteiger partial charge in [0.05, 0.1) is 16.9 Å². The van der Waals surface area contributed by atoms with Gasteiger partial charge in [-0.1, -0.05) is 11.3 Å². The van der Waals surface area contributed by atoms with Gasteiger partial charge < -0.3 is 10.6 Å². The van der Waals surface area contributed by atoms with E-state index >= 15 is 0 Å². The van der Waals surface area contributed by atoms with Crippen molar-refractivity contribution in [3.63, 3.8) is 0 Å². The molecule has 1 unspecified atom stereocenters. The monoisotopic (exact) mass is 322 g/mol. The maximum Gasteiger partial charge on any atom is 0.274 e. The summed E-state index contributed by atoms with van der Waals surface area (Å²) in [4.78, 5) is 16.7. The number of aromatic nitrogens is 4. The standard InChI is InChI=1S/C17H18N6O/c1-11-16(17(24)20-13-6-8-18-10-13)21-22-23(11)14-4-5-15-12(9-14)3-2-7-19-15/h2-5,7,9,13,18H,6,8,10H2,1H3,(H,20,24). The van der Waals surface area contributed by atoms with E-state index in [-0.39, 0.29) is 11.9 Å². The summed E-state index contributed by atoms with van der Waals surface area (Å²) in [5.41, 5.74) is 2.88. The van der Waals surface area contributed by atoms with Crippen LogP contribution in [0.3, 0.4) is 0 Å². The van der Waals surface area contributed by atoms with E-state index in [0.717, 1.165) is 41.8 Å². The number of nitrogens with one attached hydrogen (secondary N) is 2. The van der Waals surface area contributed by atoms with Crippen LogP contribution in [0.4, 0.5) is 0 Å². The van der Waals surface area contributed by atoms with Crippen molar-refractivity contribution >= 4 is 16.8 Å². The average molecular weight is 322 g/mol. The second-order valence-corrected chi connectivity index (χ2v) is 5.98. The molecule has 2 aromatic heterocycles. The highest BCUT2D eigenvalue weighted by molar-refractivity contribution is 5.93. The Labute approximate surface area is 139 Å². The summed E-state index contributed by atoms with van der Waals surface area (Å²) in [5.74, 6) is -0.171. The summed E-state index contributed by atoms with van der Waals surface area (Å²) in [5, 5.41) is 15.5. The molecule has 0 radical (unpaired) electrons. The van der Waals surface area contributed by atoms with Gasteiger partial charge in [0.15, 0.2) is 5.69 Å². The highest BCUT2D eigenvalue weighted by atomic mass is 16.2. The van der Waals surface area contributed by atoms with Crippen molar-refractivity contribution in [2.45, 2.75) is 19.4 Å². The minimum absolute atomic E-state index is 0.161. The fraction of sp³-hybridized carbons (Fsp3) is 0.294. The number of amides is 1. The summed E-state index contributed by atoms with van der Waals surface area (Å²) in [7, 11) is 0. The molecule has 2 N–H and O–H groups in total. The minimum atomic E-state index is -0.171. The van der Waals surface area contributed by atoms with Crippen LogP contribution in [0.15, 0.2) is 36.5 Å².